The van der Waals surface area contributed by atoms with Crippen LogP contribution in [0.2, 0.25) is 0 Å². The lowest BCUT2D eigenvalue weighted by molar-refractivity contribution is 0.171. The smallest absolute Gasteiger partial charge is 0.319 e. The number of amides is 2. The van der Waals surface area contributed by atoms with Crippen molar-refractivity contribution >= 4 is 11.7 Å². The average molecular weight is 222 g/mol. The van der Waals surface area contributed by atoms with Crippen molar-refractivity contribution in [1.29, 1.82) is 0 Å². The highest BCUT2D eigenvalue weighted by Gasteiger charge is 2.17. The Labute approximate surface area is 93.7 Å². The SMILES string of the molecule is Cc1cc2c(cc1N(C)C(N)=O)OCCO2. The summed E-state index contributed by atoms with van der Waals surface area (Å²) in [6.07, 6.45) is 0. The number of aryl methyl sites for hydroxylation is 1. The fourth-order valence-electron chi connectivity index (χ4n) is 1.66. The van der Waals surface area contributed by atoms with E-state index in [9.17, 15) is 4.79 Å². The normalized spacial score (nSPS) is 13.4. The Kier molecular flexibility index (Phi) is 2.60. The van der Waals surface area contributed by atoms with E-state index in [1.165, 1.54) is 4.90 Å². The van der Waals surface area contributed by atoms with Crippen molar-refractivity contribution < 1.29 is 14.3 Å². The molecule has 0 spiro atoms. The highest BCUT2D eigenvalue weighted by atomic mass is 16.6. The van der Waals surface area contributed by atoms with E-state index in [0.29, 0.717) is 24.7 Å². The van der Waals surface area contributed by atoms with Gasteiger partial charge in [0.25, 0.3) is 0 Å². The van der Waals surface area contributed by atoms with Gasteiger partial charge < -0.3 is 15.2 Å². The molecule has 1 aliphatic heterocycles. The third-order valence-electron chi connectivity index (χ3n) is 2.55. The minimum atomic E-state index is -0.500. The Bertz CT molecular complexity index is 431. The number of benzene rings is 1. The first-order valence-corrected chi connectivity index (χ1v) is 5.03. The number of carbonyl (C=O) groups is 1. The average Bonchev–Trinajstić information content (AvgIpc) is 2.27. The molecule has 2 N–H and O–H groups in total. The Morgan fingerprint density at radius 2 is 1.88 bits per heavy atom. The Morgan fingerprint density at radius 3 is 2.44 bits per heavy atom. The van der Waals surface area contributed by atoms with Crippen LogP contribution in [0.3, 0.4) is 0 Å². The van der Waals surface area contributed by atoms with Gasteiger partial charge in [0, 0.05) is 13.1 Å². The first kappa shape index (κ1) is 10.6. The summed E-state index contributed by atoms with van der Waals surface area (Å²) in [5.41, 5.74) is 6.88. The van der Waals surface area contributed by atoms with Crippen molar-refractivity contribution in [2.45, 2.75) is 6.92 Å². The third kappa shape index (κ3) is 1.76. The number of hydrogen-bond donors (Lipinski definition) is 1. The predicted molar refractivity (Wildman–Crippen MR) is 60.2 cm³/mol. The number of anilines is 1. The van der Waals surface area contributed by atoms with Crippen LogP contribution in [0, 0.1) is 6.92 Å². The number of nitrogens with zero attached hydrogens (tertiary/aromatic N) is 1. The van der Waals surface area contributed by atoms with Gasteiger partial charge in [-0.2, -0.15) is 0 Å². The molecule has 0 saturated carbocycles. The number of rotatable bonds is 1. The zero-order chi connectivity index (χ0) is 11.7. The highest BCUT2D eigenvalue weighted by Crippen LogP contribution is 2.36. The van der Waals surface area contributed by atoms with Crippen molar-refractivity contribution in [3.63, 3.8) is 0 Å². The van der Waals surface area contributed by atoms with Gasteiger partial charge in [0.05, 0.1) is 5.69 Å². The summed E-state index contributed by atoms with van der Waals surface area (Å²) in [4.78, 5) is 12.5. The molecule has 2 rings (SSSR count). The molecule has 2 amide bonds. The Balaban J connectivity index is 2.43. The lowest BCUT2D eigenvalue weighted by Crippen LogP contribution is -2.32. The van der Waals surface area contributed by atoms with Gasteiger partial charge in [0.2, 0.25) is 0 Å². The van der Waals surface area contributed by atoms with Gasteiger partial charge in [-0.25, -0.2) is 4.79 Å². The fourth-order valence-corrected chi connectivity index (χ4v) is 1.66. The fraction of sp³-hybridized carbons (Fsp3) is 0.364. The van der Waals surface area contributed by atoms with E-state index in [-0.39, 0.29) is 0 Å². The van der Waals surface area contributed by atoms with E-state index in [2.05, 4.69) is 0 Å². The topological polar surface area (TPSA) is 64.8 Å². The van der Waals surface area contributed by atoms with Gasteiger partial charge in [-0.1, -0.05) is 0 Å². The van der Waals surface area contributed by atoms with E-state index < -0.39 is 6.03 Å². The molecule has 0 atom stereocenters. The van der Waals surface area contributed by atoms with Gasteiger partial charge in [-0.05, 0) is 18.6 Å². The van der Waals surface area contributed by atoms with Gasteiger partial charge in [0.1, 0.15) is 13.2 Å². The van der Waals surface area contributed by atoms with Crippen LogP contribution in [0.5, 0.6) is 11.5 Å². The maximum atomic E-state index is 11.1. The van der Waals surface area contributed by atoms with Crippen molar-refractivity contribution in [3.8, 4) is 11.5 Å². The molecule has 16 heavy (non-hydrogen) atoms. The summed E-state index contributed by atoms with van der Waals surface area (Å²) >= 11 is 0. The van der Waals surface area contributed by atoms with Crippen LogP contribution in [0.1, 0.15) is 5.56 Å². The van der Waals surface area contributed by atoms with Crippen molar-refractivity contribution in [2.24, 2.45) is 5.73 Å². The van der Waals surface area contributed by atoms with Crippen LogP contribution >= 0.6 is 0 Å². The molecule has 0 bridgehead atoms. The molecular formula is C11H14N2O3. The standard InChI is InChI=1S/C11H14N2O3/c1-7-5-9-10(16-4-3-15-9)6-8(7)13(2)11(12)14/h5-6H,3-4H2,1-2H3,(H2,12,14). The van der Waals surface area contributed by atoms with E-state index in [1.807, 2.05) is 13.0 Å². The zero-order valence-electron chi connectivity index (χ0n) is 9.32. The van der Waals surface area contributed by atoms with Gasteiger partial charge in [-0.15, -0.1) is 0 Å². The van der Waals surface area contributed by atoms with E-state index in [1.54, 1.807) is 13.1 Å². The second-order valence-corrected chi connectivity index (χ2v) is 3.68. The maximum absolute atomic E-state index is 11.1. The summed E-state index contributed by atoms with van der Waals surface area (Å²) in [7, 11) is 1.63. The van der Waals surface area contributed by atoms with E-state index in [0.717, 1.165) is 11.3 Å². The molecule has 0 fully saturated rings. The van der Waals surface area contributed by atoms with Gasteiger partial charge in [0.15, 0.2) is 11.5 Å². The number of urea groups is 1. The third-order valence-corrected chi connectivity index (χ3v) is 2.55. The molecule has 1 aromatic rings. The predicted octanol–water partition coefficient (Wildman–Crippen LogP) is 1.28. The maximum Gasteiger partial charge on any atom is 0.319 e. The van der Waals surface area contributed by atoms with Crippen LogP contribution in [0.25, 0.3) is 0 Å². The number of primary amides is 1. The minimum Gasteiger partial charge on any atom is -0.486 e. The largest absolute Gasteiger partial charge is 0.486 e. The molecule has 0 saturated heterocycles. The van der Waals surface area contributed by atoms with Crippen molar-refractivity contribution in [3.05, 3.63) is 17.7 Å². The molecule has 86 valence electrons. The van der Waals surface area contributed by atoms with E-state index in [4.69, 9.17) is 15.2 Å². The number of hydrogen-bond acceptors (Lipinski definition) is 3. The van der Waals surface area contributed by atoms with Gasteiger partial charge in [-0.3, -0.25) is 4.90 Å². The lowest BCUT2D eigenvalue weighted by Gasteiger charge is -2.23. The van der Waals surface area contributed by atoms with Crippen molar-refractivity contribution in [2.75, 3.05) is 25.2 Å². The quantitative estimate of drug-likeness (QED) is 0.778. The zero-order valence-corrected chi connectivity index (χ0v) is 9.32. The lowest BCUT2D eigenvalue weighted by atomic mass is 10.1. The molecular weight excluding hydrogens is 208 g/mol. The summed E-state index contributed by atoms with van der Waals surface area (Å²) in [5, 5.41) is 0. The van der Waals surface area contributed by atoms with Crippen LogP contribution in [-0.4, -0.2) is 26.3 Å². The molecule has 0 radical (unpaired) electrons. The first-order valence-electron chi connectivity index (χ1n) is 5.03. The highest BCUT2D eigenvalue weighted by molar-refractivity contribution is 5.91. The molecule has 0 aliphatic carbocycles. The molecule has 5 nitrogen and oxygen atoms in total. The van der Waals surface area contributed by atoms with Crippen molar-refractivity contribution in [1.82, 2.24) is 0 Å². The first-order chi connectivity index (χ1) is 7.59. The second kappa shape index (κ2) is 3.92. The monoisotopic (exact) mass is 222 g/mol. The summed E-state index contributed by atoms with van der Waals surface area (Å²) in [6.45, 7) is 2.97. The van der Waals surface area contributed by atoms with Crippen LogP contribution in [0.15, 0.2) is 12.1 Å². The summed E-state index contributed by atoms with van der Waals surface area (Å²) in [6, 6.07) is 3.12. The summed E-state index contributed by atoms with van der Waals surface area (Å²) in [5.74, 6) is 1.37. The molecule has 1 aliphatic rings. The number of carbonyl (C=O) groups excluding carboxylic acids is 1. The minimum absolute atomic E-state index is 0.500. The van der Waals surface area contributed by atoms with Gasteiger partial charge >= 0.3 is 6.03 Å². The molecule has 1 heterocycles. The van der Waals surface area contributed by atoms with Crippen LogP contribution in [0.4, 0.5) is 10.5 Å². The molecule has 0 aromatic heterocycles. The molecule has 1 aromatic carbocycles. The van der Waals surface area contributed by atoms with Crippen LogP contribution < -0.4 is 20.1 Å². The Hall–Kier alpha value is -1.91. The number of fused-ring (bicyclic) bond motifs is 1. The van der Waals surface area contributed by atoms with E-state index >= 15 is 0 Å². The molecule has 5 heteroatoms. The van der Waals surface area contributed by atoms with Crippen LogP contribution in [-0.2, 0) is 0 Å². The Morgan fingerprint density at radius 1 is 1.31 bits per heavy atom. The molecule has 0 unspecified atom stereocenters. The number of ether oxygens (including phenoxy) is 2. The number of nitrogens with two attached hydrogens (primary N) is 1. The summed E-state index contributed by atoms with van der Waals surface area (Å²) < 4.78 is 10.9. The second-order valence-electron chi connectivity index (χ2n) is 3.68.